The molecule has 1 saturated heterocycles. The molecular weight excluding hydrogens is 290 g/mol. The number of rotatable bonds is 3. The van der Waals surface area contributed by atoms with Gasteiger partial charge in [0, 0.05) is 19.6 Å². The molecule has 1 aliphatic heterocycles. The first-order valence-electron chi connectivity index (χ1n) is 6.82. The van der Waals surface area contributed by atoms with Crippen molar-refractivity contribution in [3.8, 4) is 0 Å². The van der Waals surface area contributed by atoms with E-state index in [9.17, 15) is 13.2 Å². The minimum atomic E-state index is -3.75. The summed E-state index contributed by atoms with van der Waals surface area (Å²) in [6.45, 7) is 5.81. The van der Waals surface area contributed by atoms with Crippen molar-refractivity contribution < 1.29 is 13.2 Å². The topological polar surface area (TPSA) is 92.5 Å². The lowest BCUT2D eigenvalue weighted by molar-refractivity contribution is -0.131. The summed E-state index contributed by atoms with van der Waals surface area (Å²) in [4.78, 5) is 12.2. The maximum absolute atomic E-state index is 12.9. The number of nitrogens with zero attached hydrogens (tertiary/aromatic N) is 1. The van der Waals surface area contributed by atoms with Gasteiger partial charge in [0.15, 0.2) is 0 Å². The Morgan fingerprint density at radius 1 is 1.38 bits per heavy atom. The average Bonchev–Trinajstić information content (AvgIpc) is 2.42. The van der Waals surface area contributed by atoms with Gasteiger partial charge in [-0.25, -0.2) is 8.42 Å². The van der Waals surface area contributed by atoms with E-state index in [1.54, 1.807) is 32.9 Å². The van der Waals surface area contributed by atoms with Gasteiger partial charge < -0.3 is 11.1 Å². The summed E-state index contributed by atoms with van der Waals surface area (Å²) < 4.78 is 27.2. The molecule has 2 rings (SSSR count). The molecule has 21 heavy (non-hydrogen) atoms. The maximum atomic E-state index is 12.9. The third-order valence-corrected chi connectivity index (χ3v) is 6.05. The highest BCUT2D eigenvalue weighted by Gasteiger charge is 2.45. The second-order valence-corrected chi connectivity index (χ2v) is 7.53. The van der Waals surface area contributed by atoms with Crippen LogP contribution in [0, 0.1) is 6.92 Å². The van der Waals surface area contributed by atoms with E-state index in [1.807, 2.05) is 6.07 Å². The van der Waals surface area contributed by atoms with Crippen LogP contribution in [0.4, 0.5) is 0 Å². The molecule has 1 heterocycles. The van der Waals surface area contributed by atoms with E-state index in [1.165, 1.54) is 4.31 Å². The van der Waals surface area contributed by atoms with Crippen molar-refractivity contribution in [1.82, 2.24) is 9.62 Å². The standard InChI is InChI=1S/C14H21N3O3S/c1-10-4-5-11(9-15)8-12(10)21(19,20)17-7-6-16-13(18)14(17,2)3/h4-5,8H,6-7,9,15H2,1-3H3,(H,16,18). The first-order valence-corrected chi connectivity index (χ1v) is 8.26. The molecule has 3 N–H and O–H groups in total. The quantitative estimate of drug-likeness (QED) is 0.842. The predicted octanol–water partition coefficient (Wildman–Crippen LogP) is 0.353. The van der Waals surface area contributed by atoms with Crippen LogP contribution < -0.4 is 11.1 Å². The first kappa shape index (κ1) is 15.9. The number of hydrogen-bond acceptors (Lipinski definition) is 4. The molecule has 1 aromatic carbocycles. The van der Waals surface area contributed by atoms with Crippen LogP contribution in [0.15, 0.2) is 23.1 Å². The number of hydrogen-bond donors (Lipinski definition) is 2. The smallest absolute Gasteiger partial charge is 0.244 e. The van der Waals surface area contributed by atoms with Crippen molar-refractivity contribution >= 4 is 15.9 Å². The lowest BCUT2D eigenvalue weighted by Crippen LogP contribution is -2.63. The fraction of sp³-hybridized carbons (Fsp3) is 0.500. The van der Waals surface area contributed by atoms with E-state index in [2.05, 4.69) is 5.32 Å². The Hall–Kier alpha value is -1.44. The van der Waals surface area contributed by atoms with Crippen LogP contribution >= 0.6 is 0 Å². The lowest BCUT2D eigenvalue weighted by atomic mass is 10.0. The predicted molar refractivity (Wildman–Crippen MR) is 80.1 cm³/mol. The second-order valence-electron chi connectivity index (χ2n) is 5.70. The van der Waals surface area contributed by atoms with Crippen molar-refractivity contribution in [2.45, 2.75) is 37.8 Å². The maximum Gasteiger partial charge on any atom is 0.244 e. The zero-order chi connectivity index (χ0) is 15.8. The van der Waals surface area contributed by atoms with Crippen LogP contribution in [0.1, 0.15) is 25.0 Å². The summed E-state index contributed by atoms with van der Waals surface area (Å²) in [5.41, 5.74) is 5.88. The van der Waals surface area contributed by atoms with Crippen LogP contribution in [0.5, 0.6) is 0 Å². The van der Waals surface area contributed by atoms with Gasteiger partial charge in [-0.2, -0.15) is 4.31 Å². The zero-order valence-corrected chi connectivity index (χ0v) is 13.3. The molecule has 0 saturated carbocycles. The van der Waals surface area contributed by atoms with Crippen LogP contribution in [-0.4, -0.2) is 37.3 Å². The van der Waals surface area contributed by atoms with Gasteiger partial charge in [0.25, 0.3) is 0 Å². The van der Waals surface area contributed by atoms with Gasteiger partial charge in [-0.1, -0.05) is 12.1 Å². The molecule has 1 amide bonds. The molecule has 0 unspecified atom stereocenters. The highest BCUT2D eigenvalue weighted by atomic mass is 32.2. The molecule has 0 aromatic heterocycles. The zero-order valence-electron chi connectivity index (χ0n) is 12.5. The number of sulfonamides is 1. The number of nitrogens with two attached hydrogens (primary N) is 1. The summed E-state index contributed by atoms with van der Waals surface area (Å²) in [7, 11) is -3.75. The van der Waals surface area contributed by atoms with Gasteiger partial charge in [0.05, 0.1) is 4.90 Å². The van der Waals surface area contributed by atoms with Crippen molar-refractivity contribution in [2.75, 3.05) is 13.1 Å². The number of benzene rings is 1. The van der Waals surface area contributed by atoms with Gasteiger partial charge in [0.2, 0.25) is 15.9 Å². The molecule has 0 bridgehead atoms. The molecule has 6 nitrogen and oxygen atoms in total. The van der Waals surface area contributed by atoms with Gasteiger partial charge in [-0.05, 0) is 38.0 Å². The van der Waals surface area contributed by atoms with Crippen molar-refractivity contribution in [2.24, 2.45) is 5.73 Å². The van der Waals surface area contributed by atoms with Crippen molar-refractivity contribution in [3.63, 3.8) is 0 Å². The summed E-state index contributed by atoms with van der Waals surface area (Å²) >= 11 is 0. The summed E-state index contributed by atoms with van der Waals surface area (Å²) in [5, 5.41) is 2.70. The van der Waals surface area contributed by atoms with E-state index >= 15 is 0 Å². The number of aryl methyl sites for hydroxylation is 1. The van der Waals surface area contributed by atoms with Gasteiger partial charge in [-0.3, -0.25) is 4.79 Å². The molecular formula is C14H21N3O3S. The summed E-state index contributed by atoms with van der Waals surface area (Å²) in [6.07, 6.45) is 0. The summed E-state index contributed by atoms with van der Waals surface area (Å²) in [5.74, 6) is -0.287. The molecule has 116 valence electrons. The number of piperazine rings is 1. The van der Waals surface area contributed by atoms with Crippen LogP contribution in [0.3, 0.4) is 0 Å². The van der Waals surface area contributed by atoms with Crippen molar-refractivity contribution in [1.29, 1.82) is 0 Å². The van der Waals surface area contributed by atoms with Gasteiger partial charge in [-0.15, -0.1) is 0 Å². The third kappa shape index (κ3) is 2.68. The SMILES string of the molecule is Cc1ccc(CN)cc1S(=O)(=O)N1CCNC(=O)C1(C)C. The first-order chi connectivity index (χ1) is 9.71. The van der Waals surface area contributed by atoms with Crippen LogP contribution in [0.25, 0.3) is 0 Å². The van der Waals surface area contributed by atoms with Gasteiger partial charge >= 0.3 is 0 Å². The van der Waals surface area contributed by atoms with Crippen LogP contribution in [0.2, 0.25) is 0 Å². The normalized spacial score (nSPS) is 19.3. The van der Waals surface area contributed by atoms with Gasteiger partial charge in [0.1, 0.15) is 5.54 Å². The molecule has 7 heteroatoms. The molecule has 0 aliphatic carbocycles. The van der Waals surface area contributed by atoms with E-state index in [-0.39, 0.29) is 23.9 Å². The fourth-order valence-corrected chi connectivity index (χ4v) is 4.50. The van der Waals surface area contributed by atoms with Crippen molar-refractivity contribution in [3.05, 3.63) is 29.3 Å². The molecule has 1 aromatic rings. The molecule has 0 spiro atoms. The Morgan fingerprint density at radius 2 is 2.05 bits per heavy atom. The van der Waals surface area contributed by atoms with E-state index in [0.29, 0.717) is 12.1 Å². The Balaban J connectivity index is 2.54. The highest BCUT2D eigenvalue weighted by molar-refractivity contribution is 7.89. The lowest BCUT2D eigenvalue weighted by Gasteiger charge is -2.40. The Morgan fingerprint density at radius 3 is 2.67 bits per heavy atom. The Bertz CT molecular complexity index is 668. The van der Waals surface area contributed by atoms with E-state index < -0.39 is 15.6 Å². The minimum Gasteiger partial charge on any atom is -0.353 e. The van der Waals surface area contributed by atoms with E-state index in [4.69, 9.17) is 5.73 Å². The molecule has 0 radical (unpaired) electrons. The minimum absolute atomic E-state index is 0.216. The summed E-state index contributed by atoms with van der Waals surface area (Å²) in [6, 6.07) is 5.14. The fourth-order valence-electron chi connectivity index (χ4n) is 2.47. The van der Waals surface area contributed by atoms with Crippen LogP contribution in [-0.2, 0) is 21.4 Å². The molecule has 0 atom stereocenters. The number of nitrogens with one attached hydrogen (secondary N) is 1. The largest absolute Gasteiger partial charge is 0.353 e. The van der Waals surface area contributed by atoms with E-state index in [0.717, 1.165) is 5.56 Å². The highest BCUT2D eigenvalue weighted by Crippen LogP contribution is 2.28. The average molecular weight is 311 g/mol. The number of carbonyl (C=O) groups is 1. The monoisotopic (exact) mass is 311 g/mol. The number of amides is 1. The molecule has 1 aliphatic rings. The third-order valence-electron chi connectivity index (χ3n) is 3.84. The number of carbonyl (C=O) groups excluding carboxylic acids is 1. The second kappa shape index (κ2) is 5.40. The Labute approximate surface area is 125 Å². The Kier molecular flexibility index (Phi) is 4.10. The molecule has 1 fully saturated rings.